The van der Waals surface area contributed by atoms with Gasteiger partial charge in [0.15, 0.2) is 5.78 Å². The third-order valence-corrected chi connectivity index (χ3v) is 4.44. The Balaban J connectivity index is 1.85. The first-order valence-electron chi connectivity index (χ1n) is 5.27. The molecule has 0 atom stereocenters. The molecular weight excluding hydrogens is 336 g/mol. The molecule has 0 radical (unpaired) electrons. The zero-order valence-corrected chi connectivity index (χ0v) is 12.5. The lowest BCUT2D eigenvalue weighted by atomic mass is 10.2. The zero-order valence-electron chi connectivity index (χ0n) is 9.36. The molecule has 0 saturated heterocycles. The highest BCUT2D eigenvalue weighted by atomic mass is 79.9. The van der Waals surface area contributed by atoms with Crippen LogP contribution in [0.5, 0.6) is 5.75 Å². The first-order chi connectivity index (χ1) is 8.65. The summed E-state index contributed by atoms with van der Waals surface area (Å²) in [5.74, 6) is 0.700. The number of rotatable bonds is 5. The monoisotopic (exact) mass is 344 g/mol. The van der Waals surface area contributed by atoms with Gasteiger partial charge in [0.05, 0.1) is 0 Å². The van der Waals surface area contributed by atoms with Gasteiger partial charge < -0.3 is 4.74 Å². The van der Waals surface area contributed by atoms with E-state index in [0.717, 1.165) is 9.35 Å². The van der Waals surface area contributed by atoms with E-state index in [1.165, 1.54) is 0 Å². The number of hydrogen-bond donors (Lipinski definition) is 0. The highest BCUT2D eigenvalue weighted by molar-refractivity contribution is 9.10. The summed E-state index contributed by atoms with van der Waals surface area (Å²) in [5, 5.41) is 2.60. The molecule has 0 amide bonds. The lowest BCUT2D eigenvalue weighted by Crippen LogP contribution is -2.13. The summed E-state index contributed by atoms with van der Waals surface area (Å²) < 4.78 is 6.37. The van der Waals surface area contributed by atoms with Crippen molar-refractivity contribution < 1.29 is 9.53 Å². The van der Waals surface area contributed by atoms with Crippen LogP contribution in [0.25, 0.3) is 0 Å². The average Bonchev–Trinajstić information content (AvgIpc) is 2.74. The molecule has 2 rings (SSSR count). The maximum atomic E-state index is 11.7. The van der Waals surface area contributed by atoms with Crippen LogP contribution in [-0.2, 0) is 11.2 Å². The predicted octanol–water partition coefficient (Wildman–Crippen LogP) is 4.35. The Morgan fingerprint density at radius 1 is 1.28 bits per heavy atom. The van der Waals surface area contributed by atoms with Crippen LogP contribution in [0, 0.1) is 0 Å². The molecule has 1 aromatic carbocycles. The molecule has 0 fully saturated rings. The minimum absolute atomic E-state index is 0.0492. The highest BCUT2D eigenvalue weighted by Crippen LogP contribution is 2.23. The fourth-order valence-electron chi connectivity index (χ4n) is 1.38. The fourth-order valence-corrected chi connectivity index (χ4v) is 3.02. The van der Waals surface area contributed by atoms with Gasteiger partial charge in [0.25, 0.3) is 0 Å². The quantitative estimate of drug-likeness (QED) is 0.805. The van der Waals surface area contributed by atoms with Crippen molar-refractivity contribution in [3.63, 3.8) is 0 Å². The molecule has 0 aliphatic heterocycles. The van der Waals surface area contributed by atoms with Crippen molar-refractivity contribution >= 4 is 44.7 Å². The lowest BCUT2D eigenvalue weighted by molar-refractivity contribution is -0.120. The molecule has 0 saturated carbocycles. The number of ketones is 1. The van der Waals surface area contributed by atoms with Crippen molar-refractivity contribution in [2.45, 2.75) is 6.42 Å². The molecule has 0 unspecified atom stereocenters. The SMILES string of the molecule is O=C(COc1ccc(Cl)cc1)Cc1sccc1Br. The van der Waals surface area contributed by atoms with Gasteiger partial charge in [-0.15, -0.1) is 11.3 Å². The predicted molar refractivity (Wildman–Crippen MR) is 77.7 cm³/mol. The average molecular weight is 346 g/mol. The van der Waals surface area contributed by atoms with Crippen LogP contribution >= 0.6 is 38.9 Å². The van der Waals surface area contributed by atoms with Crippen molar-refractivity contribution in [2.75, 3.05) is 6.61 Å². The number of benzene rings is 1. The second-order valence-electron chi connectivity index (χ2n) is 3.65. The van der Waals surface area contributed by atoms with Gasteiger partial charge in [-0.2, -0.15) is 0 Å². The molecule has 1 heterocycles. The fraction of sp³-hybridized carbons (Fsp3) is 0.154. The molecule has 2 nitrogen and oxygen atoms in total. The number of thiophene rings is 1. The number of carbonyl (C=O) groups is 1. The van der Waals surface area contributed by atoms with Gasteiger partial charge in [0, 0.05) is 20.8 Å². The minimum Gasteiger partial charge on any atom is -0.486 e. The summed E-state index contributed by atoms with van der Waals surface area (Å²) in [6.07, 6.45) is 0.395. The summed E-state index contributed by atoms with van der Waals surface area (Å²) in [5.41, 5.74) is 0. The van der Waals surface area contributed by atoms with Crippen molar-refractivity contribution in [3.8, 4) is 5.75 Å². The number of ether oxygens (including phenoxy) is 1. The Hall–Kier alpha value is -0.840. The molecular formula is C13H10BrClO2S. The van der Waals surface area contributed by atoms with Crippen molar-refractivity contribution in [1.29, 1.82) is 0 Å². The normalized spacial score (nSPS) is 10.3. The number of hydrogen-bond acceptors (Lipinski definition) is 3. The Kier molecular flexibility index (Phi) is 4.80. The van der Waals surface area contributed by atoms with Crippen LogP contribution in [-0.4, -0.2) is 12.4 Å². The molecule has 0 aliphatic carbocycles. The molecule has 0 bridgehead atoms. The van der Waals surface area contributed by atoms with Crippen LogP contribution in [0.4, 0.5) is 0 Å². The van der Waals surface area contributed by atoms with Crippen molar-refractivity contribution in [2.24, 2.45) is 0 Å². The van der Waals surface area contributed by atoms with Gasteiger partial charge in [-0.3, -0.25) is 4.79 Å². The Labute approximate surface area is 123 Å². The number of halogens is 2. The third kappa shape index (κ3) is 3.83. The Morgan fingerprint density at radius 2 is 2.00 bits per heavy atom. The van der Waals surface area contributed by atoms with Crippen LogP contribution in [0.3, 0.4) is 0 Å². The molecule has 94 valence electrons. The summed E-state index contributed by atoms with van der Waals surface area (Å²) in [6, 6.07) is 8.90. The molecule has 0 aliphatic rings. The van der Waals surface area contributed by atoms with Gasteiger partial charge in [-0.1, -0.05) is 11.6 Å². The summed E-state index contributed by atoms with van der Waals surface area (Å²) in [6.45, 7) is 0.0754. The second kappa shape index (κ2) is 6.36. The van der Waals surface area contributed by atoms with E-state index in [1.807, 2.05) is 11.4 Å². The summed E-state index contributed by atoms with van der Waals surface area (Å²) >= 11 is 10.7. The molecule has 0 spiro atoms. The van der Waals surface area contributed by atoms with Crippen molar-refractivity contribution in [3.05, 3.63) is 50.1 Å². The molecule has 18 heavy (non-hydrogen) atoms. The summed E-state index contributed by atoms with van der Waals surface area (Å²) in [7, 11) is 0. The molecule has 5 heteroatoms. The smallest absolute Gasteiger partial charge is 0.175 e. The van der Waals surface area contributed by atoms with Crippen LogP contribution in [0.15, 0.2) is 40.2 Å². The van der Waals surface area contributed by atoms with Crippen LogP contribution < -0.4 is 4.74 Å². The molecule has 2 aromatic rings. The second-order valence-corrected chi connectivity index (χ2v) is 5.94. The van der Waals surface area contributed by atoms with E-state index in [9.17, 15) is 4.79 Å². The summed E-state index contributed by atoms with van der Waals surface area (Å²) in [4.78, 5) is 12.8. The molecule has 0 N–H and O–H groups in total. The first-order valence-corrected chi connectivity index (χ1v) is 7.32. The van der Waals surface area contributed by atoms with E-state index >= 15 is 0 Å². The van der Waals surface area contributed by atoms with E-state index < -0.39 is 0 Å². The van der Waals surface area contributed by atoms with Crippen LogP contribution in [0.1, 0.15) is 4.88 Å². The first kappa shape index (κ1) is 13.6. The maximum Gasteiger partial charge on any atom is 0.175 e. The van der Waals surface area contributed by atoms with E-state index in [4.69, 9.17) is 16.3 Å². The lowest BCUT2D eigenvalue weighted by Gasteiger charge is -2.05. The third-order valence-electron chi connectivity index (χ3n) is 2.26. The molecule has 1 aromatic heterocycles. The van der Waals surface area contributed by atoms with E-state index in [0.29, 0.717) is 17.2 Å². The number of carbonyl (C=O) groups excluding carboxylic acids is 1. The Morgan fingerprint density at radius 3 is 2.61 bits per heavy atom. The van der Waals surface area contributed by atoms with E-state index in [2.05, 4.69) is 15.9 Å². The Bertz CT molecular complexity index is 536. The number of Topliss-reactive ketones (excluding diaryl/α,β-unsaturated/α-hetero) is 1. The van der Waals surface area contributed by atoms with Gasteiger partial charge in [0.2, 0.25) is 0 Å². The minimum atomic E-state index is 0.0492. The largest absolute Gasteiger partial charge is 0.486 e. The zero-order chi connectivity index (χ0) is 13.0. The van der Waals surface area contributed by atoms with Gasteiger partial charge in [-0.05, 0) is 51.6 Å². The maximum absolute atomic E-state index is 11.7. The highest BCUT2D eigenvalue weighted by Gasteiger charge is 2.09. The van der Waals surface area contributed by atoms with Gasteiger partial charge in [-0.25, -0.2) is 0 Å². The van der Waals surface area contributed by atoms with Gasteiger partial charge in [0.1, 0.15) is 12.4 Å². The van der Waals surface area contributed by atoms with E-state index in [1.54, 1.807) is 35.6 Å². The van der Waals surface area contributed by atoms with Crippen molar-refractivity contribution in [1.82, 2.24) is 0 Å². The van der Waals surface area contributed by atoms with E-state index in [-0.39, 0.29) is 12.4 Å². The van der Waals surface area contributed by atoms with Crippen LogP contribution in [0.2, 0.25) is 5.02 Å². The standard InChI is InChI=1S/C13H10BrClO2S/c14-12-5-6-18-13(12)7-10(16)8-17-11-3-1-9(15)2-4-11/h1-6H,7-8H2. The van der Waals surface area contributed by atoms with Gasteiger partial charge >= 0.3 is 0 Å². The topological polar surface area (TPSA) is 26.3 Å².